The molecule has 0 saturated heterocycles. The molecule has 0 radical (unpaired) electrons. The summed E-state index contributed by atoms with van der Waals surface area (Å²) in [7, 11) is -3.70. The molecule has 122 valence electrons. The molecule has 0 bridgehead atoms. The first-order valence-electron chi connectivity index (χ1n) is 7.39. The average molecular weight is 377 g/mol. The zero-order chi connectivity index (χ0) is 16.7. The largest absolute Gasteiger partial charge is 0.263 e. The van der Waals surface area contributed by atoms with Crippen molar-refractivity contribution in [2.24, 2.45) is 0 Å². The molecule has 2 aromatic carbocycles. The molecule has 0 spiro atoms. The van der Waals surface area contributed by atoms with Crippen LogP contribution < -0.4 is 4.72 Å². The van der Waals surface area contributed by atoms with E-state index in [1.165, 1.54) is 29.0 Å². The van der Waals surface area contributed by atoms with E-state index in [1.807, 2.05) is 18.2 Å². The topological polar surface area (TPSA) is 59.1 Å². The van der Waals surface area contributed by atoms with Gasteiger partial charge in [-0.2, -0.15) is 0 Å². The molecule has 0 saturated carbocycles. The molecule has 0 unspecified atom stereocenters. The van der Waals surface area contributed by atoms with Gasteiger partial charge in [0.1, 0.15) is 0 Å². The van der Waals surface area contributed by atoms with E-state index in [0.717, 1.165) is 29.0 Å². The third-order valence-electron chi connectivity index (χ3n) is 3.92. The van der Waals surface area contributed by atoms with Gasteiger partial charge in [-0.3, -0.25) is 4.72 Å². The molecule has 1 aliphatic rings. The minimum atomic E-state index is -3.70. The fourth-order valence-corrected chi connectivity index (χ4v) is 5.31. The van der Waals surface area contributed by atoms with E-state index in [4.69, 9.17) is 11.6 Å². The van der Waals surface area contributed by atoms with Crippen LogP contribution in [0.2, 0.25) is 5.02 Å². The Labute approximate surface area is 149 Å². The van der Waals surface area contributed by atoms with Gasteiger partial charge in [-0.05, 0) is 36.6 Å². The normalized spacial score (nSPS) is 13.2. The number of rotatable bonds is 3. The van der Waals surface area contributed by atoms with Crippen LogP contribution in [-0.4, -0.2) is 13.4 Å². The number of thiazole rings is 1. The minimum absolute atomic E-state index is 0.128. The second-order valence-electron chi connectivity index (χ2n) is 5.51. The summed E-state index contributed by atoms with van der Waals surface area (Å²) in [5.74, 6) is 0. The quantitative estimate of drug-likeness (QED) is 0.738. The summed E-state index contributed by atoms with van der Waals surface area (Å²) in [4.78, 5) is 5.76. The van der Waals surface area contributed by atoms with Crippen molar-refractivity contribution in [3.8, 4) is 11.3 Å². The van der Waals surface area contributed by atoms with Gasteiger partial charge in [-0.25, -0.2) is 13.4 Å². The smallest absolute Gasteiger partial charge is 0.255 e. The van der Waals surface area contributed by atoms with Crippen LogP contribution in [0.4, 0.5) is 5.13 Å². The van der Waals surface area contributed by atoms with Crippen LogP contribution in [0.1, 0.15) is 10.4 Å². The highest BCUT2D eigenvalue weighted by molar-refractivity contribution is 7.93. The van der Waals surface area contributed by atoms with Crippen molar-refractivity contribution in [1.82, 2.24) is 4.98 Å². The van der Waals surface area contributed by atoms with Gasteiger partial charge in [0.05, 0.1) is 10.6 Å². The summed E-state index contributed by atoms with van der Waals surface area (Å²) in [5.41, 5.74) is 3.22. The summed E-state index contributed by atoms with van der Waals surface area (Å²) in [6, 6.07) is 14.3. The second kappa shape index (κ2) is 5.88. The van der Waals surface area contributed by atoms with E-state index >= 15 is 0 Å². The maximum atomic E-state index is 12.5. The Morgan fingerprint density at radius 1 is 1.08 bits per heavy atom. The first-order valence-corrected chi connectivity index (χ1v) is 10.1. The monoisotopic (exact) mass is 376 g/mol. The van der Waals surface area contributed by atoms with E-state index in [9.17, 15) is 8.42 Å². The highest BCUT2D eigenvalue weighted by Gasteiger charge is 2.23. The van der Waals surface area contributed by atoms with Gasteiger partial charge in [-0.1, -0.05) is 41.9 Å². The lowest BCUT2D eigenvalue weighted by atomic mass is 9.94. The number of sulfonamides is 1. The van der Waals surface area contributed by atoms with Crippen LogP contribution in [0.3, 0.4) is 0 Å². The lowest BCUT2D eigenvalue weighted by Crippen LogP contribution is -2.12. The van der Waals surface area contributed by atoms with Gasteiger partial charge in [0.2, 0.25) is 0 Å². The second-order valence-corrected chi connectivity index (χ2v) is 8.71. The van der Waals surface area contributed by atoms with E-state index in [1.54, 1.807) is 12.1 Å². The van der Waals surface area contributed by atoms with Gasteiger partial charge >= 0.3 is 0 Å². The Hall–Kier alpha value is -1.89. The molecule has 3 aromatic rings. The SMILES string of the molecule is O=S(=O)(Nc1nc2c(s1)CCc1ccccc1-2)c1cccc(Cl)c1. The van der Waals surface area contributed by atoms with Crippen molar-refractivity contribution in [3.63, 3.8) is 0 Å². The molecule has 0 amide bonds. The predicted octanol–water partition coefficient (Wildman–Crippen LogP) is 4.36. The molecule has 4 rings (SSSR count). The molecule has 0 atom stereocenters. The Balaban J connectivity index is 1.69. The van der Waals surface area contributed by atoms with Crippen LogP contribution >= 0.6 is 22.9 Å². The Bertz CT molecular complexity index is 1030. The van der Waals surface area contributed by atoms with Gasteiger partial charge in [0.15, 0.2) is 5.13 Å². The van der Waals surface area contributed by atoms with E-state index in [2.05, 4.69) is 15.8 Å². The fraction of sp³-hybridized carbons (Fsp3) is 0.118. The number of aryl methyl sites for hydroxylation is 2. The fourth-order valence-electron chi connectivity index (χ4n) is 2.80. The van der Waals surface area contributed by atoms with Crippen LogP contribution in [0, 0.1) is 0 Å². The molecule has 0 fully saturated rings. The number of nitrogens with one attached hydrogen (secondary N) is 1. The summed E-state index contributed by atoms with van der Waals surface area (Å²) in [5, 5.41) is 0.766. The van der Waals surface area contributed by atoms with Crippen LogP contribution in [0.15, 0.2) is 53.4 Å². The van der Waals surface area contributed by atoms with Crippen LogP contribution in [0.5, 0.6) is 0 Å². The summed E-state index contributed by atoms with van der Waals surface area (Å²) < 4.78 is 27.6. The Morgan fingerprint density at radius 3 is 2.75 bits per heavy atom. The standard InChI is InChI=1S/C17H13ClN2O2S2/c18-12-5-3-6-13(10-12)24(21,22)20-17-19-16-14-7-2-1-4-11(14)8-9-15(16)23-17/h1-7,10H,8-9H2,(H,19,20). The van der Waals surface area contributed by atoms with Gasteiger partial charge in [-0.15, -0.1) is 11.3 Å². The molecule has 1 heterocycles. The number of nitrogens with zero attached hydrogens (tertiary/aromatic N) is 1. The van der Waals surface area contributed by atoms with E-state index < -0.39 is 10.0 Å². The third-order valence-corrected chi connectivity index (χ3v) is 6.65. The van der Waals surface area contributed by atoms with Crippen molar-refractivity contribution in [1.29, 1.82) is 0 Å². The van der Waals surface area contributed by atoms with Crippen molar-refractivity contribution in [3.05, 3.63) is 64.0 Å². The Kier molecular flexibility index (Phi) is 3.83. The van der Waals surface area contributed by atoms with Crippen LogP contribution in [-0.2, 0) is 22.9 Å². The summed E-state index contributed by atoms with van der Waals surface area (Å²) in [6.45, 7) is 0. The molecule has 1 N–H and O–H groups in total. The predicted molar refractivity (Wildman–Crippen MR) is 97.2 cm³/mol. The zero-order valence-electron chi connectivity index (χ0n) is 12.5. The number of fused-ring (bicyclic) bond motifs is 3. The average Bonchev–Trinajstić information content (AvgIpc) is 2.97. The summed E-state index contributed by atoms with van der Waals surface area (Å²) in [6.07, 6.45) is 1.83. The van der Waals surface area contributed by atoms with Gasteiger partial charge < -0.3 is 0 Å². The molecule has 1 aliphatic carbocycles. The highest BCUT2D eigenvalue weighted by atomic mass is 35.5. The van der Waals surface area contributed by atoms with Gasteiger partial charge in [0, 0.05) is 15.5 Å². The minimum Gasteiger partial charge on any atom is -0.255 e. The van der Waals surface area contributed by atoms with Crippen molar-refractivity contribution in [2.75, 3.05) is 4.72 Å². The van der Waals surface area contributed by atoms with E-state index in [-0.39, 0.29) is 4.90 Å². The number of benzene rings is 2. The number of anilines is 1. The molecule has 7 heteroatoms. The van der Waals surface area contributed by atoms with Gasteiger partial charge in [0.25, 0.3) is 10.0 Å². The number of halogens is 1. The maximum absolute atomic E-state index is 12.5. The first-order chi connectivity index (χ1) is 11.5. The Morgan fingerprint density at radius 2 is 1.92 bits per heavy atom. The molecular formula is C17H13ClN2O2S2. The molecular weight excluding hydrogens is 364 g/mol. The lowest BCUT2D eigenvalue weighted by Gasteiger charge is -2.13. The molecule has 24 heavy (non-hydrogen) atoms. The van der Waals surface area contributed by atoms with Crippen LogP contribution in [0.25, 0.3) is 11.3 Å². The summed E-state index contributed by atoms with van der Waals surface area (Å²) >= 11 is 7.28. The van der Waals surface area contributed by atoms with Crippen molar-refractivity contribution >= 4 is 38.1 Å². The molecule has 0 aliphatic heterocycles. The van der Waals surface area contributed by atoms with Crippen molar-refractivity contribution < 1.29 is 8.42 Å². The van der Waals surface area contributed by atoms with E-state index in [0.29, 0.717) is 10.2 Å². The number of hydrogen-bond donors (Lipinski definition) is 1. The third kappa shape index (κ3) is 2.81. The molecule has 1 aromatic heterocycles. The number of aromatic nitrogens is 1. The first kappa shape index (κ1) is 15.6. The molecule has 4 nitrogen and oxygen atoms in total. The maximum Gasteiger partial charge on any atom is 0.263 e. The number of hydrogen-bond acceptors (Lipinski definition) is 4. The lowest BCUT2D eigenvalue weighted by molar-refractivity contribution is 0.601. The zero-order valence-corrected chi connectivity index (χ0v) is 14.9. The highest BCUT2D eigenvalue weighted by Crippen LogP contribution is 2.38. The van der Waals surface area contributed by atoms with Crippen molar-refractivity contribution in [2.45, 2.75) is 17.7 Å².